The first-order valence-electron chi connectivity index (χ1n) is 6.61. The van der Waals surface area contributed by atoms with Crippen LogP contribution in [0.4, 0.5) is 0 Å². The highest BCUT2D eigenvalue weighted by molar-refractivity contribution is 6.20. The summed E-state index contributed by atoms with van der Waals surface area (Å²) < 4.78 is 2.07. The Labute approximate surface area is 110 Å². The monoisotopic (exact) mass is 257 g/mol. The van der Waals surface area contributed by atoms with E-state index in [4.69, 9.17) is 11.6 Å². The lowest BCUT2D eigenvalue weighted by Crippen LogP contribution is -2.19. The fraction of sp³-hybridized carbons (Fsp3) is 0.769. The number of hydrogen-bond acceptors (Lipinski definition) is 2. The van der Waals surface area contributed by atoms with Crippen LogP contribution in [0.2, 0.25) is 0 Å². The summed E-state index contributed by atoms with van der Waals surface area (Å²) in [5.74, 6) is 0. The number of aryl methyl sites for hydroxylation is 2. The summed E-state index contributed by atoms with van der Waals surface area (Å²) >= 11 is 6.07. The van der Waals surface area contributed by atoms with Crippen molar-refractivity contribution in [2.24, 2.45) is 0 Å². The van der Waals surface area contributed by atoms with Gasteiger partial charge in [-0.1, -0.05) is 13.8 Å². The van der Waals surface area contributed by atoms with Crippen molar-refractivity contribution >= 4 is 11.6 Å². The van der Waals surface area contributed by atoms with Crippen LogP contribution in [-0.2, 0) is 19.5 Å². The van der Waals surface area contributed by atoms with Crippen molar-refractivity contribution in [3.63, 3.8) is 0 Å². The average molecular weight is 258 g/mol. The van der Waals surface area contributed by atoms with Gasteiger partial charge < -0.3 is 5.32 Å². The molecule has 1 heterocycles. The van der Waals surface area contributed by atoms with E-state index >= 15 is 0 Å². The van der Waals surface area contributed by atoms with Crippen molar-refractivity contribution in [1.82, 2.24) is 15.1 Å². The number of nitrogens with zero attached hydrogens (tertiary/aromatic N) is 2. The number of nitrogens with one attached hydrogen (secondary N) is 1. The van der Waals surface area contributed by atoms with Crippen LogP contribution in [0.1, 0.15) is 45.0 Å². The van der Waals surface area contributed by atoms with Gasteiger partial charge in [0.05, 0.1) is 11.4 Å². The summed E-state index contributed by atoms with van der Waals surface area (Å²) in [6.45, 7) is 9.18. The maximum atomic E-state index is 6.07. The molecule has 1 aromatic rings. The molecular weight excluding hydrogens is 234 g/mol. The van der Waals surface area contributed by atoms with E-state index in [2.05, 4.69) is 41.9 Å². The standard InChI is InChI=1S/C13H24ClN3/c1-4-11(14)7-8-15-10-13-9-12(5-2)16-17(13)6-3/h9,11,15H,4-8,10H2,1-3H3. The van der Waals surface area contributed by atoms with E-state index in [1.54, 1.807) is 0 Å². The number of hydrogen-bond donors (Lipinski definition) is 1. The molecule has 1 rings (SSSR count). The Morgan fingerprint density at radius 2 is 2.18 bits per heavy atom. The van der Waals surface area contributed by atoms with Gasteiger partial charge in [0.25, 0.3) is 0 Å². The minimum absolute atomic E-state index is 0.296. The molecule has 98 valence electrons. The number of halogens is 1. The molecule has 0 fully saturated rings. The number of aromatic nitrogens is 2. The zero-order valence-electron chi connectivity index (χ0n) is 11.2. The summed E-state index contributed by atoms with van der Waals surface area (Å²) in [5.41, 5.74) is 2.44. The van der Waals surface area contributed by atoms with Gasteiger partial charge in [-0.05, 0) is 38.8 Å². The fourth-order valence-electron chi connectivity index (χ4n) is 1.78. The molecule has 0 amide bonds. The third-order valence-electron chi connectivity index (χ3n) is 2.96. The summed E-state index contributed by atoms with van der Waals surface area (Å²) in [6, 6.07) is 2.19. The van der Waals surface area contributed by atoms with E-state index in [1.807, 2.05) is 0 Å². The van der Waals surface area contributed by atoms with Crippen molar-refractivity contribution < 1.29 is 0 Å². The van der Waals surface area contributed by atoms with Gasteiger partial charge in [-0.15, -0.1) is 11.6 Å². The summed E-state index contributed by atoms with van der Waals surface area (Å²) in [6.07, 6.45) is 3.06. The molecule has 0 aliphatic rings. The van der Waals surface area contributed by atoms with E-state index in [9.17, 15) is 0 Å². The average Bonchev–Trinajstić information content (AvgIpc) is 2.76. The van der Waals surface area contributed by atoms with E-state index in [0.29, 0.717) is 5.38 Å². The third-order valence-corrected chi connectivity index (χ3v) is 3.49. The normalized spacial score (nSPS) is 12.9. The smallest absolute Gasteiger partial charge is 0.0625 e. The molecule has 1 N–H and O–H groups in total. The van der Waals surface area contributed by atoms with Gasteiger partial charge in [-0.3, -0.25) is 4.68 Å². The van der Waals surface area contributed by atoms with Gasteiger partial charge in [0, 0.05) is 18.5 Å². The molecule has 3 nitrogen and oxygen atoms in total. The predicted molar refractivity (Wildman–Crippen MR) is 73.5 cm³/mol. The van der Waals surface area contributed by atoms with Crippen LogP contribution in [0.3, 0.4) is 0 Å². The van der Waals surface area contributed by atoms with Crippen molar-refractivity contribution in [3.05, 3.63) is 17.5 Å². The van der Waals surface area contributed by atoms with Crippen LogP contribution in [0.15, 0.2) is 6.07 Å². The molecule has 0 bridgehead atoms. The minimum atomic E-state index is 0.296. The van der Waals surface area contributed by atoms with Crippen LogP contribution in [0.5, 0.6) is 0 Å². The zero-order valence-corrected chi connectivity index (χ0v) is 11.9. The molecule has 1 aromatic heterocycles. The van der Waals surface area contributed by atoms with Crippen molar-refractivity contribution in [2.45, 2.75) is 58.5 Å². The second-order valence-corrected chi connectivity index (χ2v) is 4.88. The van der Waals surface area contributed by atoms with Crippen molar-refractivity contribution in [1.29, 1.82) is 0 Å². The van der Waals surface area contributed by atoms with Gasteiger partial charge in [0.15, 0.2) is 0 Å². The summed E-state index contributed by atoms with van der Waals surface area (Å²) in [5, 5.41) is 8.26. The van der Waals surface area contributed by atoms with E-state index in [-0.39, 0.29) is 0 Å². The molecule has 0 aliphatic heterocycles. The minimum Gasteiger partial charge on any atom is -0.311 e. The first kappa shape index (κ1) is 14.5. The molecular formula is C13H24ClN3. The van der Waals surface area contributed by atoms with Crippen LogP contribution >= 0.6 is 11.6 Å². The van der Waals surface area contributed by atoms with Gasteiger partial charge in [-0.2, -0.15) is 5.10 Å². The highest BCUT2D eigenvalue weighted by Gasteiger charge is 2.05. The molecule has 4 heteroatoms. The van der Waals surface area contributed by atoms with Gasteiger partial charge in [0.2, 0.25) is 0 Å². The van der Waals surface area contributed by atoms with Crippen LogP contribution in [0, 0.1) is 0 Å². The molecule has 0 saturated heterocycles. The molecule has 0 aromatic carbocycles. The van der Waals surface area contributed by atoms with Crippen molar-refractivity contribution in [2.75, 3.05) is 6.54 Å². The van der Waals surface area contributed by atoms with Gasteiger partial charge >= 0.3 is 0 Å². The predicted octanol–water partition coefficient (Wildman–Crippen LogP) is 2.96. The molecule has 0 aliphatic carbocycles. The second kappa shape index (κ2) is 7.72. The zero-order chi connectivity index (χ0) is 12.7. The Morgan fingerprint density at radius 3 is 2.76 bits per heavy atom. The first-order valence-corrected chi connectivity index (χ1v) is 7.05. The van der Waals surface area contributed by atoms with E-state index < -0.39 is 0 Å². The van der Waals surface area contributed by atoms with Gasteiger partial charge in [0.1, 0.15) is 0 Å². The highest BCUT2D eigenvalue weighted by Crippen LogP contribution is 2.07. The second-order valence-electron chi connectivity index (χ2n) is 4.27. The summed E-state index contributed by atoms with van der Waals surface area (Å²) in [7, 11) is 0. The molecule has 1 unspecified atom stereocenters. The maximum absolute atomic E-state index is 6.07. The fourth-order valence-corrected chi connectivity index (χ4v) is 1.89. The largest absolute Gasteiger partial charge is 0.311 e. The molecule has 1 atom stereocenters. The van der Waals surface area contributed by atoms with Crippen LogP contribution < -0.4 is 5.32 Å². The topological polar surface area (TPSA) is 29.9 Å². The lowest BCUT2D eigenvalue weighted by atomic mass is 10.2. The molecule has 17 heavy (non-hydrogen) atoms. The lowest BCUT2D eigenvalue weighted by molar-refractivity contribution is 0.563. The Morgan fingerprint density at radius 1 is 1.41 bits per heavy atom. The SMILES string of the molecule is CCc1cc(CNCCC(Cl)CC)n(CC)n1. The molecule has 0 saturated carbocycles. The Balaban J connectivity index is 2.37. The summed E-state index contributed by atoms with van der Waals surface area (Å²) in [4.78, 5) is 0. The third kappa shape index (κ3) is 4.68. The van der Waals surface area contributed by atoms with Crippen molar-refractivity contribution in [3.8, 4) is 0 Å². The maximum Gasteiger partial charge on any atom is 0.0625 e. The van der Waals surface area contributed by atoms with E-state index in [0.717, 1.165) is 38.9 Å². The van der Waals surface area contributed by atoms with Crippen LogP contribution in [-0.4, -0.2) is 21.7 Å². The number of rotatable bonds is 8. The molecule has 0 radical (unpaired) electrons. The Bertz CT molecular complexity index is 322. The van der Waals surface area contributed by atoms with Gasteiger partial charge in [-0.25, -0.2) is 0 Å². The Kier molecular flexibility index (Phi) is 6.60. The number of alkyl halides is 1. The van der Waals surface area contributed by atoms with E-state index in [1.165, 1.54) is 11.4 Å². The molecule has 0 spiro atoms. The van der Waals surface area contributed by atoms with Crippen LogP contribution in [0.25, 0.3) is 0 Å². The lowest BCUT2D eigenvalue weighted by Gasteiger charge is -2.08. The quantitative estimate of drug-likeness (QED) is 0.573. The first-order chi connectivity index (χ1) is 8.21. The highest BCUT2D eigenvalue weighted by atomic mass is 35.5. The Hall–Kier alpha value is -0.540.